The molecule has 0 radical (unpaired) electrons. The highest BCUT2D eigenvalue weighted by atomic mass is 79.9. The summed E-state index contributed by atoms with van der Waals surface area (Å²) in [5, 5.41) is 0. The van der Waals surface area contributed by atoms with Crippen LogP contribution in [0.4, 0.5) is 4.39 Å². The Morgan fingerprint density at radius 3 is 3.05 bits per heavy atom. The standard InChI is InChI=1S/C14H20BrFN2O/c1-2-11-9-19-6-5-18(11)14(8-17)12-7-10(15)3-4-13(12)16/h3-4,7,11,14H,2,5-6,8-9,17H2,1H3. The molecule has 0 aliphatic carbocycles. The van der Waals surface area contributed by atoms with Crippen LogP contribution >= 0.6 is 15.9 Å². The van der Waals surface area contributed by atoms with Gasteiger partial charge in [-0.05, 0) is 24.6 Å². The van der Waals surface area contributed by atoms with E-state index >= 15 is 0 Å². The minimum atomic E-state index is -0.194. The third kappa shape index (κ3) is 3.34. The first-order valence-corrected chi connectivity index (χ1v) is 7.45. The molecule has 2 unspecified atom stereocenters. The molecule has 0 amide bonds. The lowest BCUT2D eigenvalue weighted by molar-refractivity contribution is -0.0297. The van der Waals surface area contributed by atoms with Crippen LogP contribution in [-0.2, 0) is 4.74 Å². The van der Waals surface area contributed by atoms with Crippen molar-refractivity contribution in [1.29, 1.82) is 0 Å². The van der Waals surface area contributed by atoms with Crippen molar-refractivity contribution in [3.05, 3.63) is 34.1 Å². The van der Waals surface area contributed by atoms with Gasteiger partial charge < -0.3 is 10.5 Å². The van der Waals surface area contributed by atoms with Crippen molar-refractivity contribution >= 4 is 15.9 Å². The lowest BCUT2D eigenvalue weighted by atomic mass is 10.0. The molecule has 1 aliphatic rings. The van der Waals surface area contributed by atoms with E-state index < -0.39 is 0 Å². The van der Waals surface area contributed by atoms with Gasteiger partial charge in [0, 0.05) is 29.2 Å². The van der Waals surface area contributed by atoms with Crippen LogP contribution in [0.2, 0.25) is 0 Å². The Labute approximate surface area is 122 Å². The SMILES string of the molecule is CCC1COCCN1C(CN)c1cc(Br)ccc1F. The molecule has 3 nitrogen and oxygen atoms in total. The van der Waals surface area contributed by atoms with Crippen molar-refractivity contribution in [2.75, 3.05) is 26.3 Å². The van der Waals surface area contributed by atoms with Crippen LogP contribution in [0.1, 0.15) is 24.9 Å². The third-order valence-corrected chi connectivity index (χ3v) is 4.18. The summed E-state index contributed by atoms with van der Waals surface area (Å²) in [5.41, 5.74) is 6.57. The molecule has 1 heterocycles. The van der Waals surface area contributed by atoms with Gasteiger partial charge in [0.15, 0.2) is 0 Å². The summed E-state index contributed by atoms with van der Waals surface area (Å²) < 4.78 is 20.4. The van der Waals surface area contributed by atoms with Crippen LogP contribution in [0.5, 0.6) is 0 Å². The van der Waals surface area contributed by atoms with Gasteiger partial charge in [-0.2, -0.15) is 0 Å². The highest BCUT2D eigenvalue weighted by Gasteiger charge is 2.30. The maximum Gasteiger partial charge on any atom is 0.128 e. The minimum absolute atomic E-state index is 0.0913. The van der Waals surface area contributed by atoms with Crippen LogP contribution in [-0.4, -0.2) is 37.2 Å². The molecule has 106 valence electrons. The van der Waals surface area contributed by atoms with Gasteiger partial charge in [-0.15, -0.1) is 0 Å². The van der Waals surface area contributed by atoms with E-state index in [0.717, 1.165) is 17.4 Å². The largest absolute Gasteiger partial charge is 0.378 e. The first-order valence-electron chi connectivity index (χ1n) is 6.65. The number of nitrogens with zero attached hydrogens (tertiary/aromatic N) is 1. The maximum atomic E-state index is 14.1. The molecule has 2 N–H and O–H groups in total. The second-order valence-corrected chi connectivity index (χ2v) is 5.71. The van der Waals surface area contributed by atoms with Gasteiger partial charge in [0.1, 0.15) is 5.82 Å². The molecular formula is C14H20BrFN2O. The third-order valence-electron chi connectivity index (χ3n) is 3.68. The Balaban J connectivity index is 2.29. The lowest BCUT2D eigenvalue weighted by Gasteiger charge is -2.40. The molecule has 2 atom stereocenters. The lowest BCUT2D eigenvalue weighted by Crippen LogP contribution is -2.49. The van der Waals surface area contributed by atoms with Gasteiger partial charge in [0.2, 0.25) is 0 Å². The molecule has 1 aromatic carbocycles. The quantitative estimate of drug-likeness (QED) is 0.922. The number of hydrogen-bond acceptors (Lipinski definition) is 3. The first-order chi connectivity index (χ1) is 9.17. The Hall–Kier alpha value is -0.490. The molecule has 1 aromatic rings. The molecular weight excluding hydrogens is 311 g/mol. The van der Waals surface area contributed by atoms with Crippen LogP contribution in [0.15, 0.2) is 22.7 Å². The van der Waals surface area contributed by atoms with Crippen molar-refractivity contribution in [3.63, 3.8) is 0 Å². The normalized spacial score (nSPS) is 22.4. The predicted octanol–water partition coefficient (Wildman–Crippen LogP) is 2.70. The zero-order valence-electron chi connectivity index (χ0n) is 11.1. The number of hydrogen-bond donors (Lipinski definition) is 1. The van der Waals surface area contributed by atoms with E-state index in [2.05, 4.69) is 27.8 Å². The molecule has 1 aliphatic heterocycles. The molecule has 0 saturated carbocycles. The average molecular weight is 331 g/mol. The summed E-state index contributed by atoms with van der Waals surface area (Å²) in [6.45, 7) is 4.71. The van der Waals surface area contributed by atoms with Crippen molar-refractivity contribution in [2.45, 2.75) is 25.4 Å². The highest BCUT2D eigenvalue weighted by Crippen LogP contribution is 2.29. The van der Waals surface area contributed by atoms with Gasteiger partial charge in [0.25, 0.3) is 0 Å². The zero-order valence-corrected chi connectivity index (χ0v) is 12.7. The average Bonchev–Trinajstić information content (AvgIpc) is 2.44. The molecule has 0 aromatic heterocycles. The smallest absolute Gasteiger partial charge is 0.128 e. The van der Waals surface area contributed by atoms with Crippen molar-refractivity contribution < 1.29 is 9.13 Å². The number of ether oxygens (including phenoxy) is 1. The van der Waals surface area contributed by atoms with E-state index in [1.54, 1.807) is 6.07 Å². The van der Waals surface area contributed by atoms with Crippen LogP contribution in [0.3, 0.4) is 0 Å². The Morgan fingerprint density at radius 2 is 2.37 bits per heavy atom. The summed E-state index contributed by atoms with van der Waals surface area (Å²) in [4.78, 5) is 2.27. The second kappa shape index (κ2) is 6.79. The van der Waals surface area contributed by atoms with Gasteiger partial charge in [-0.1, -0.05) is 22.9 Å². The highest BCUT2D eigenvalue weighted by molar-refractivity contribution is 9.10. The maximum absolute atomic E-state index is 14.1. The Bertz CT molecular complexity index is 430. The van der Waals surface area contributed by atoms with E-state index in [-0.39, 0.29) is 11.9 Å². The monoisotopic (exact) mass is 330 g/mol. The summed E-state index contributed by atoms with van der Waals surface area (Å²) >= 11 is 3.40. The minimum Gasteiger partial charge on any atom is -0.378 e. The number of halogens is 2. The number of benzene rings is 1. The molecule has 0 bridgehead atoms. The second-order valence-electron chi connectivity index (χ2n) is 4.79. The summed E-state index contributed by atoms with van der Waals surface area (Å²) in [6.07, 6.45) is 0.978. The Kier molecular flexibility index (Phi) is 5.33. The number of rotatable bonds is 4. The van der Waals surface area contributed by atoms with E-state index in [0.29, 0.717) is 31.4 Å². The molecule has 1 saturated heterocycles. The van der Waals surface area contributed by atoms with Crippen LogP contribution in [0, 0.1) is 5.82 Å². The topological polar surface area (TPSA) is 38.5 Å². The first kappa shape index (κ1) is 14.9. The van der Waals surface area contributed by atoms with E-state index in [1.165, 1.54) is 6.07 Å². The van der Waals surface area contributed by atoms with E-state index in [9.17, 15) is 4.39 Å². The van der Waals surface area contributed by atoms with Gasteiger partial charge in [-0.3, -0.25) is 4.90 Å². The van der Waals surface area contributed by atoms with Gasteiger partial charge in [0.05, 0.1) is 19.3 Å². The van der Waals surface area contributed by atoms with Gasteiger partial charge in [-0.25, -0.2) is 4.39 Å². The fourth-order valence-electron chi connectivity index (χ4n) is 2.64. The van der Waals surface area contributed by atoms with Crippen molar-refractivity contribution in [2.24, 2.45) is 5.73 Å². The molecule has 5 heteroatoms. The van der Waals surface area contributed by atoms with Crippen LogP contribution < -0.4 is 5.73 Å². The van der Waals surface area contributed by atoms with Crippen molar-refractivity contribution in [3.8, 4) is 0 Å². The molecule has 1 fully saturated rings. The summed E-state index contributed by atoms with van der Waals surface area (Å²) in [7, 11) is 0. The van der Waals surface area contributed by atoms with Gasteiger partial charge >= 0.3 is 0 Å². The Morgan fingerprint density at radius 1 is 1.58 bits per heavy atom. The fourth-order valence-corrected chi connectivity index (χ4v) is 3.02. The number of morpholine rings is 1. The fraction of sp³-hybridized carbons (Fsp3) is 0.571. The van der Waals surface area contributed by atoms with Crippen LogP contribution in [0.25, 0.3) is 0 Å². The zero-order chi connectivity index (χ0) is 13.8. The van der Waals surface area contributed by atoms with E-state index in [4.69, 9.17) is 10.5 Å². The molecule has 19 heavy (non-hydrogen) atoms. The predicted molar refractivity (Wildman–Crippen MR) is 77.5 cm³/mol. The van der Waals surface area contributed by atoms with E-state index in [1.807, 2.05) is 6.07 Å². The molecule has 2 rings (SSSR count). The molecule has 0 spiro atoms. The summed E-state index contributed by atoms with van der Waals surface area (Å²) in [6, 6.07) is 5.24. The number of nitrogens with two attached hydrogens (primary N) is 1. The summed E-state index contributed by atoms with van der Waals surface area (Å²) in [5.74, 6) is -0.194. The van der Waals surface area contributed by atoms with Crippen molar-refractivity contribution in [1.82, 2.24) is 4.90 Å².